The summed E-state index contributed by atoms with van der Waals surface area (Å²) in [6.07, 6.45) is 0.790. The fraction of sp³-hybridized carbons (Fsp3) is 0.360. The van der Waals surface area contributed by atoms with E-state index in [4.69, 9.17) is 9.47 Å². The van der Waals surface area contributed by atoms with E-state index in [1.54, 1.807) is 14.0 Å². The van der Waals surface area contributed by atoms with Crippen LogP contribution in [0.2, 0.25) is 0 Å². The van der Waals surface area contributed by atoms with Crippen molar-refractivity contribution in [2.45, 2.75) is 39.8 Å². The summed E-state index contributed by atoms with van der Waals surface area (Å²) in [5.74, 6) is 0.754. The van der Waals surface area contributed by atoms with Crippen LogP contribution in [-0.4, -0.2) is 30.6 Å². The van der Waals surface area contributed by atoms with Crippen LogP contribution < -0.4 is 10.1 Å². The summed E-state index contributed by atoms with van der Waals surface area (Å²) in [6.45, 7) is 6.75. The van der Waals surface area contributed by atoms with Gasteiger partial charge in [0.15, 0.2) is 0 Å². The van der Waals surface area contributed by atoms with Crippen LogP contribution >= 0.6 is 0 Å². The number of nitrogens with one attached hydrogen (secondary N) is 1. The minimum absolute atomic E-state index is 0.259. The molecule has 0 aliphatic carbocycles. The lowest BCUT2D eigenvalue weighted by atomic mass is 9.95. The minimum Gasteiger partial charge on any atom is -0.489 e. The molecule has 0 radical (unpaired) electrons. The van der Waals surface area contributed by atoms with Gasteiger partial charge in [-0.3, -0.25) is 0 Å². The van der Waals surface area contributed by atoms with Gasteiger partial charge >= 0.3 is 12.0 Å². The van der Waals surface area contributed by atoms with Crippen molar-refractivity contribution in [1.29, 1.82) is 0 Å². The Labute approximate surface area is 183 Å². The highest BCUT2D eigenvalue weighted by atomic mass is 16.5. The topological polar surface area (TPSA) is 67.9 Å². The number of urea groups is 1. The van der Waals surface area contributed by atoms with Gasteiger partial charge in [0.05, 0.1) is 18.2 Å². The second-order valence-electron chi connectivity index (χ2n) is 8.10. The monoisotopic (exact) mass is 422 g/mol. The molecular formula is C25H30N2O4. The van der Waals surface area contributed by atoms with Crippen molar-refractivity contribution in [3.05, 3.63) is 77.0 Å². The Morgan fingerprint density at radius 3 is 2.42 bits per heavy atom. The molecule has 0 aromatic heterocycles. The molecule has 2 aromatic rings. The van der Waals surface area contributed by atoms with E-state index in [-0.39, 0.29) is 6.03 Å². The molecule has 0 spiro atoms. The zero-order chi connectivity index (χ0) is 22.4. The molecule has 2 aromatic carbocycles. The lowest BCUT2D eigenvalue weighted by molar-refractivity contribution is -0.140. The van der Waals surface area contributed by atoms with Gasteiger partial charge in [-0.15, -0.1) is 0 Å². The number of nitrogens with zero attached hydrogens (tertiary/aromatic N) is 1. The van der Waals surface area contributed by atoms with Crippen LogP contribution in [0.5, 0.6) is 5.75 Å². The molecule has 3 rings (SSSR count). The number of allylic oxidation sites excluding steroid dienone is 1. The largest absolute Gasteiger partial charge is 0.489 e. The highest BCUT2D eigenvalue weighted by molar-refractivity contribution is 5.95. The lowest BCUT2D eigenvalue weighted by Gasteiger charge is -2.33. The molecule has 1 atom stereocenters. The Morgan fingerprint density at radius 2 is 1.77 bits per heavy atom. The molecule has 1 aliphatic rings. The molecule has 1 heterocycles. The standard InChI is InChI=1S/C25H30N2O4/c1-17(2)14-15-30-24(28)22-18(3)27(4)25(29)26-23(22)20-10-12-21(13-11-20)31-16-19-8-6-5-7-9-19/h5-13,17,23H,14-16H2,1-4H3,(H,26,29)/t23-/m0/s1. The van der Waals surface area contributed by atoms with Gasteiger partial charge in [0, 0.05) is 12.7 Å². The van der Waals surface area contributed by atoms with E-state index < -0.39 is 12.0 Å². The molecule has 2 amide bonds. The first kappa shape index (κ1) is 22.4. The van der Waals surface area contributed by atoms with E-state index in [9.17, 15) is 9.59 Å². The van der Waals surface area contributed by atoms with Gasteiger partial charge in [0.2, 0.25) is 0 Å². The predicted molar refractivity (Wildman–Crippen MR) is 119 cm³/mol. The summed E-state index contributed by atoms with van der Waals surface area (Å²) in [6, 6.07) is 16.5. The maximum atomic E-state index is 12.9. The van der Waals surface area contributed by atoms with Crippen LogP contribution in [0.1, 0.15) is 44.4 Å². The molecule has 164 valence electrons. The van der Waals surface area contributed by atoms with E-state index in [0.717, 1.165) is 17.5 Å². The normalized spacial score (nSPS) is 16.4. The molecule has 6 heteroatoms. The highest BCUT2D eigenvalue weighted by Crippen LogP contribution is 2.31. The van der Waals surface area contributed by atoms with Crippen molar-refractivity contribution in [2.24, 2.45) is 5.92 Å². The molecule has 0 saturated heterocycles. The zero-order valence-electron chi connectivity index (χ0n) is 18.6. The van der Waals surface area contributed by atoms with Crippen molar-refractivity contribution in [2.75, 3.05) is 13.7 Å². The Hall–Kier alpha value is -3.28. The lowest BCUT2D eigenvalue weighted by Crippen LogP contribution is -2.46. The van der Waals surface area contributed by atoms with Gasteiger partial charge in [-0.05, 0) is 42.5 Å². The number of rotatable bonds is 8. The Bertz CT molecular complexity index is 936. The van der Waals surface area contributed by atoms with Crippen molar-refractivity contribution in [3.8, 4) is 5.75 Å². The van der Waals surface area contributed by atoms with Gasteiger partial charge < -0.3 is 19.7 Å². The average molecular weight is 423 g/mol. The fourth-order valence-corrected chi connectivity index (χ4v) is 3.31. The third kappa shape index (κ3) is 5.66. The SMILES string of the molecule is CC1=C(C(=O)OCCC(C)C)[C@H](c2ccc(OCc3ccccc3)cc2)NC(=O)N1C. The Balaban J connectivity index is 1.76. The summed E-state index contributed by atoms with van der Waals surface area (Å²) < 4.78 is 11.4. The van der Waals surface area contributed by atoms with E-state index in [1.165, 1.54) is 4.90 Å². The number of amides is 2. The number of hydrogen-bond donors (Lipinski definition) is 1. The molecule has 0 bridgehead atoms. The second-order valence-corrected chi connectivity index (χ2v) is 8.10. The van der Waals surface area contributed by atoms with Gasteiger partial charge in [-0.1, -0.05) is 56.3 Å². The van der Waals surface area contributed by atoms with E-state index >= 15 is 0 Å². The minimum atomic E-state index is -0.571. The predicted octanol–water partition coefficient (Wildman–Crippen LogP) is 4.83. The van der Waals surface area contributed by atoms with Crippen LogP contribution in [0.4, 0.5) is 4.79 Å². The third-order valence-electron chi connectivity index (χ3n) is 5.36. The van der Waals surface area contributed by atoms with Crippen LogP contribution in [0, 0.1) is 5.92 Å². The zero-order valence-corrected chi connectivity index (χ0v) is 18.6. The maximum absolute atomic E-state index is 12.9. The summed E-state index contributed by atoms with van der Waals surface area (Å²) in [5, 5.41) is 2.91. The highest BCUT2D eigenvalue weighted by Gasteiger charge is 2.35. The molecule has 31 heavy (non-hydrogen) atoms. The first-order valence-corrected chi connectivity index (χ1v) is 10.6. The number of esters is 1. The Kier molecular flexibility index (Phi) is 7.34. The van der Waals surface area contributed by atoms with Crippen LogP contribution in [0.15, 0.2) is 65.9 Å². The summed E-state index contributed by atoms with van der Waals surface area (Å²) in [5.41, 5.74) is 2.92. The third-order valence-corrected chi connectivity index (χ3v) is 5.36. The number of ether oxygens (including phenoxy) is 2. The van der Waals surface area contributed by atoms with E-state index in [2.05, 4.69) is 19.2 Å². The Morgan fingerprint density at radius 1 is 1.10 bits per heavy atom. The van der Waals surface area contributed by atoms with Crippen LogP contribution in [0.3, 0.4) is 0 Å². The number of hydrogen-bond acceptors (Lipinski definition) is 4. The molecule has 6 nitrogen and oxygen atoms in total. The van der Waals surface area contributed by atoms with Crippen molar-refractivity contribution < 1.29 is 19.1 Å². The van der Waals surface area contributed by atoms with Crippen LogP contribution in [0.25, 0.3) is 0 Å². The van der Waals surface area contributed by atoms with Crippen molar-refractivity contribution in [3.63, 3.8) is 0 Å². The van der Waals surface area contributed by atoms with Gasteiger partial charge in [0.25, 0.3) is 0 Å². The maximum Gasteiger partial charge on any atom is 0.338 e. The van der Waals surface area contributed by atoms with Gasteiger partial charge in [-0.2, -0.15) is 0 Å². The fourth-order valence-electron chi connectivity index (χ4n) is 3.31. The quantitative estimate of drug-likeness (QED) is 0.619. The summed E-state index contributed by atoms with van der Waals surface area (Å²) >= 11 is 0. The molecule has 0 unspecified atom stereocenters. The molecular weight excluding hydrogens is 392 g/mol. The first-order valence-electron chi connectivity index (χ1n) is 10.6. The van der Waals surface area contributed by atoms with Gasteiger partial charge in [0.1, 0.15) is 12.4 Å². The smallest absolute Gasteiger partial charge is 0.338 e. The van der Waals surface area contributed by atoms with Gasteiger partial charge in [-0.25, -0.2) is 9.59 Å². The number of carbonyl (C=O) groups is 2. The van der Waals surface area contributed by atoms with Crippen LogP contribution in [-0.2, 0) is 16.1 Å². The molecule has 1 N–H and O–H groups in total. The molecule has 1 aliphatic heterocycles. The van der Waals surface area contributed by atoms with Crippen molar-refractivity contribution in [1.82, 2.24) is 10.2 Å². The van der Waals surface area contributed by atoms with Crippen molar-refractivity contribution >= 4 is 12.0 Å². The van der Waals surface area contributed by atoms with E-state index in [1.807, 2.05) is 54.6 Å². The van der Waals surface area contributed by atoms with E-state index in [0.29, 0.717) is 36.2 Å². The summed E-state index contributed by atoms with van der Waals surface area (Å²) in [4.78, 5) is 26.7. The average Bonchev–Trinajstić information content (AvgIpc) is 2.76. The summed E-state index contributed by atoms with van der Waals surface area (Å²) in [7, 11) is 1.64. The molecule has 0 fully saturated rings. The molecule has 0 saturated carbocycles. The second kappa shape index (κ2) is 10.2. The first-order chi connectivity index (χ1) is 14.9. The number of carbonyl (C=O) groups excluding carboxylic acids is 2. The number of benzene rings is 2.